The van der Waals surface area contributed by atoms with Gasteiger partial charge in [0.05, 0.1) is 0 Å². The third-order valence-corrected chi connectivity index (χ3v) is 0. The fourth-order valence-corrected chi connectivity index (χ4v) is 0. The largest absolute Gasteiger partial charge is 2.00 e. The maximum atomic E-state index is 5.88. The van der Waals surface area contributed by atoms with Gasteiger partial charge in [-0.3, -0.25) is 6.67 Å². The molecule has 0 aliphatic carbocycles. The Bertz CT molecular complexity index is 6.00. The van der Waals surface area contributed by atoms with Gasteiger partial charge in [-0.05, 0) is 0 Å². The predicted molar refractivity (Wildman–Crippen MR) is 13.5 cm³/mol. The van der Waals surface area contributed by atoms with Gasteiger partial charge in [0.1, 0.15) is 0 Å². The zero-order chi connectivity index (χ0) is 2.71. The number of hydrogen-bond acceptors (Lipinski definition) is 0. The Kier molecular flexibility index (Phi) is 20.0. The summed E-state index contributed by atoms with van der Waals surface area (Å²) >= 11 is 0. The molecule has 0 radical (unpaired) electrons. The monoisotopic (exact) mass is 218 g/mol. The molecule has 32 valence electrons. The van der Waals surface area contributed by atoms with Crippen LogP contribution in [0.2, 0.25) is 0 Å². The summed E-state index contributed by atoms with van der Waals surface area (Å²) in [5.74, 6) is 0. The summed E-state index contributed by atoms with van der Waals surface area (Å²) < 4.78 is 0. The van der Waals surface area contributed by atoms with E-state index < -0.39 is 0 Å². The van der Waals surface area contributed by atoms with Gasteiger partial charge in [-0.2, -0.15) is 0 Å². The van der Waals surface area contributed by atoms with E-state index in [1.54, 1.807) is 0 Å². The summed E-state index contributed by atoms with van der Waals surface area (Å²) in [7, 11) is 0. The van der Waals surface area contributed by atoms with Crippen molar-refractivity contribution < 1.29 is 46.9 Å². The van der Waals surface area contributed by atoms with Crippen molar-refractivity contribution in [3.05, 3.63) is 11.5 Å². The second-order valence-corrected chi connectivity index (χ2v) is 0.177. The van der Waals surface area contributed by atoms with Crippen LogP contribution in [0.15, 0.2) is 0 Å². The molecule has 0 saturated heterocycles. The molecule has 0 unspecified atom stereocenters. The third kappa shape index (κ3) is 9.88. The Morgan fingerprint density at radius 2 is 1.25 bits per heavy atom. The van der Waals surface area contributed by atoms with Gasteiger partial charge in [0.25, 0.3) is 0 Å². The van der Waals surface area contributed by atoms with E-state index in [4.69, 9.17) is 11.5 Å². The molecule has 2 nitrogen and oxygen atoms in total. The summed E-state index contributed by atoms with van der Waals surface area (Å²) in [6.07, 6.45) is 0. The standard InChI is InChI=1S/CH4N2.Yb/c2-1-3;/h2-3H,1H2;/q-2;+2. The minimum Gasteiger partial charge on any atom is -0.696 e. The Labute approximate surface area is 64.2 Å². The fraction of sp³-hybridized carbons (Fsp3) is 1.00. The first-order valence-corrected chi connectivity index (χ1v) is 0.707. The van der Waals surface area contributed by atoms with Crippen LogP contribution in [0, 0.1) is 46.9 Å². The van der Waals surface area contributed by atoms with Crippen LogP contribution in [0.3, 0.4) is 0 Å². The first-order valence-electron chi connectivity index (χ1n) is 0.707. The molecular weight excluding hydrogens is 213 g/mol. The van der Waals surface area contributed by atoms with E-state index >= 15 is 0 Å². The molecule has 0 heterocycles. The van der Waals surface area contributed by atoms with Gasteiger partial charge in [0.15, 0.2) is 0 Å². The van der Waals surface area contributed by atoms with Crippen molar-refractivity contribution in [2.24, 2.45) is 0 Å². The number of rotatable bonds is 0. The van der Waals surface area contributed by atoms with Gasteiger partial charge in [-0.25, -0.2) is 0 Å². The first kappa shape index (κ1) is 9.06. The molecule has 0 rings (SSSR count). The minimum absolute atomic E-state index is 0. The summed E-state index contributed by atoms with van der Waals surface area (Å²) in [4.78, 5) is 0. The predicted octanol–water partition coefficient (Wildman–Crippen LogP) is 1.05. The quantitative estimate of drug-likeness (QED) is 0.582. The topological polar surface area (TPSA) is 47.6 Å². The van der Waals surface area contributed by atoms with Gasteiger partial charge in [-0.1, -0.05) is 0 Å². The van der Waals surface area contributed by atoms with Gasteiger partial charge >= 0.3 is 46.9 Å². The summed E-state index contributed by atoms with van der Waals surface area (Å²) in [5.41, 5.74) is 11.8. The van der Waals surface area contributed by atoms with Crippen LogP contribution in [-0.4, -0.2) is 6.67 Å². The van der Waals surface area contributed by atoms with Crippen LogP contribution in [0.1, 0.15) is 0 Å². The summed E-state index contributed by atoms with van der Waals surface area (Å²) in [6.45, 7) is -0.250. The molecule has 0 fully saturated rings. The van der Waals surface area contributed by atoms with Crippen molar-refractivity contribution in [2.45, 2.75) is 0 Å². The van der Waals surface area contributed by atoms with Gasteiger partial charge in [-0.15, -0.1) is 0 Å². The molecule has 0 spiro atoms. The van der Waals surface area contributed by atoms with E-state index in [0.717, 1.165) is 0 Å². The van der Waals surface area contributed by atoms with Crippen molar-refractivity contribution in [2.75, 3.05) is 6.67 Å². The first-order chi connectivity index (χ1) is 1.41. The fourth-order valence-electron chi connectivity index (χ4n) is 0. The normalized spacial score (nSPS) is 4.50. The number of nitrogens with one attached hydrogen (secondary N) is 2. The molecule has 3 heteroatoms. The van der Waals surface area contributed by atoms with Crippen molar-refractivity contribution >= 4 is 0 Å². The number of hydrogen-bond donors (Lipinski definition) is 0. The average molecular weight is 217 g/mol. The van der Waals surface area contributed by atoms with E-state index in [2.05, 4.69) is 0 Å². The van der Waals surface area contributed by atoms with Crippen LogP contribution >= 0.6 is 0 Å². The average Bonchev–Trinajstić information content (AvgIpc) is 0.918. The second-order valence-electron chi connectivity index (χ2n) is 0.177. The van der Waals surface area contributed by atoms with E-state index in [-0.39, 0.29) is 53.6 Å². The minimum atomic E-state index is -0.250. The van der Waals surface area contributed by atoms with Crippen LogP contribution < -0.4 is 0 Å². The van der Waals surface area contributed by atoms with Crippen LogP contribution in [-0.2, 0) is 0 Å². The maximum absolute atomic E-state index is 5.88. The van der Waals surface area contributed by atoms with E-state index in [1.807, 2.05) is 0 Å². The molecule has 0 saturated carbocycles. The zero-order valence-corrected chi connectivity index (χ0v) is 3.69. The molecule has 0 bridgehead atoms. The Hall–Kier alpha value is 1.44. The smallest absolute Gasteiger partial charge is 0.696 e. The van der Waals surface area contributed by atoms with E-state index in [9.17, 15) is 0 Å². The Morgan fingerprint density at radius 1 is 1.25 bits per heavy atom. The van der Waals surface area contributed by atoms with Crippen LogP contribution in [0.5, 0.6) is 0 Å². The molecule has 0 atom stereocenters. The Balaban J connectivity index is 0. The van der Waals surface area contributed by atoms with E-state index in [1.165, 1.54) is 0 Å². The molecule has 0 aliphatic rings. The molecule has 0 aromatic heterocycles. The van der Waals surface area contributed by atoms with Crippen molar-refractivity contribution in [3.8, 4) is 0 Å². The third-order valence-electron chi connectivity index (χ3n) is 0. The van der Waals surface area contributed by atoms with Gasteiger partial charge < -0.3 is 11.5 Å². The van der Waals surface area contributed by atoms with Crippen LogP contribution in [0.4, 0.5) is 0 Å². The van der Waals surface area contributed by atoms with Gasteiger partial charge in [0, 0.05) is 0 Å². The van der Waals surface area contributed by atoms with Crippen molar-refractivity contribution in [1.82, 2.24) is 0 Å². The van der Waals surface area contributed by atoms with E-state index in [0.29, 0.717) is 0 Å². The van der Waals surface area contributed by atoms with Crippen molar-refractivity contribution in [3.63, 3.8) is 0 Å². The second kappa shape index (κ2) is 8.83. The summed E-state index contributed by atoms with van der Waals surface area (Å²) in [6, 6.07) is 0. The molecule has 4 heavy (non-hydrogen) atoms. The van der Waals surface area contributed by atoms with Crippen molar-refractivity contribution in [1.29, 1.82) is 0 Å². The SMILES string of the molecule is [NH-]C[NH-].[Yb+2]. The molecule has 2 N–H and O–H groups in total. The summed E-state index contributed by atoms with van der Waals surface area (Å²) in [5, 5.41) is 0. The Morgan fingerprint density at radius 3 is 1.25 bits per heavy atom. The van der Waals surface area contributed by atoms with Gasteiger partial charge in [0.2, 0.25) is 0 Å². The molecule has 0 aromatic carbocycles. The van der Waals surface area contributed by atoms with Crippen LogP contribution in [0.25, 0.3) is 11.5 Å². The maximum Gasteiger partial charge on any atom is 2.00 e. The molecule has 0 amide bonds. The molecule has 0 aliphatic heterocycles. The molecular formula is CH4N2Yb. The zero-order valence-electron chi connectivity index (χ0n) is 1.97. The molecule has 0 aromatic rings.